The van der Waals surface area contributed by atoms with Gasteiger partial charge in [-0.05, 0) is 43.2 Å². The first kappa shape index (κ1) is 11.8. The van der Waals surface area contributed by atoms with E-state index in [9.17, 15) is 5.11 Å². The molecule has 2 aromatic rings. The normalized spacial score (nSPS) is 12.8. The Kier molecular flexibility index (Phi) is 3.47. The smallest absolute Gasteiger partial charge is 0.105 e. The van der Waals surface area contributed by atoms with Crippen molar-refractivity contribution >= 4 is 27.3 Å². The van der Waals surface area contributed by atoms with Gasteiger partial charge in [0.2, 0.25) is 0 Å². The number of aryl methyl sites for hydroxylation is 2. The lowest BCUT2D eigenvalue weighted by Gasteiger charge is -2.11. The molecule has 1 aromatic heterocycles. The van der Waals surface area contributed by atoms with E-state index in [1.165, 1.54) is 9.75 Å². The maximum absolute atomic E-state index is 10.3. The van der Waals surface area contributed by atoms with Gasteiger partial charge in [0.15, 0.2) is 0 Å². The largest absolute Gasteiger partial charge is 0.384 e. The summed E-state index contributed by atoms with van der Waals surface area (Å²) in [6.45, 7) is 4.11. The quantitative estimate of drug-likeness (QED) is 0.880. The molecule has 0 aliphatic heterocycles. The molecule has 0 spiro atoms. The highest BCUT2D eigenvalue weighted by atomic mass is 79.9. The molecule has 0 saturated carbocycles. The highest BCUT2D eigenvalue weighted by Crippen LogP contribution is 2.31. The summed E-state index contributed by atoms with van der Waals surface area (Å²) < 4.78 is 0.994. The van der Waals surface area contributed by atoms with Crippen molar-refractivity contribution in [3.8, 4) is 0 Å². The minimum Gasteiger partial charge on any atom is -0.384 e. The Labute approximate surface area is 108 Å². The second-order valence-electron chi connectivity index (χ2n) is 3.83. The fourth-order valence-corrected chi connectivity index (χ4v) is 3.15. The molecule has 1 atom stereocenters. The van der Waals surface area contributed by atoms with E-state index < -0.39 is 6.10 Å². The van der Waals surface area contributed by atoms with Crippen molar-refractivity contribution in [2.24, 2.45) is 0 Å². The number of benzene rings is 1. The van der Waals surface area contributed by atoms with Gasteiger partial charge in [-0.2, -0.15) is 0 Å². The van der Waals surface area contributed by atoms with Crippen molar-refractivity contribution in [1.82, 2.24) is 0 Å². The third kappa shape index (κ3) is 2.37. The molecule has 16 heavy (non-hydrogen) atoms. The molecule has 0 fully saturated rings. The third-order valence-electron chi connectivity index (χ3n) is 2.54. The molecule has 0 radical (unpaired) electrons. The van der Waals surface area contributed by atoms with E-state index >= 15 is 0 Å². The van der Waals surface area contributed by atoms with Gasteiger partial charge in [0.05, 0.1) is 0 Å². The fourth-order valence-electron chi connectivity index (χ4n) is 1.78. The Bertz CT molecular complexity index is 504. The molecule has 3 heteroatoms. The highest BCUT2D eigenvalue weighted by molar-refractivity contribution is 9.10. The molecule has 1 N–H and O–H groups in total. The predicted octanol–water partition coefficient (Wildman–Crippen LogP) is 4.21. The van der Waals surface area contributed by atoms with Gasteiger partial charge >= 0.3 is 0 Å². The topological polar surface area (TPSA) is 20.2 Å². The van der Waals surface area contributed by atoms with Crippen LogP contribution in [0.1, 0.15) is 27.0 Å². The van der Waals surface area contributed by atoms with Crippen molar-refractivity contribution in [3.63, 3.8) is 0 Å². The lowest BCUT2D eigenvalue weighted by atomic mass is 10.0. The van der Waals surface area contributed by atoms with Crippen LogP contribution in [0.25, 0.3) is 0 Å². The van der Waals surface area contributed by atoms with Gasteiger partial charge in [-0.3, -0.25) is 0 Å². The molecular weight excluding hydrogens is 284 g/mol. The van der Waals surface area contributed by atoms with E-state index in [1.54, 1.807) is 11.3 Å². The molecule has 1 unspecified atom stereocenters. The van der Waals surface area contributed by atoms with Crippen LogP contribution in [0.3, 0.4) is 0 Å². The van der Waals surface area contributed by atoms with Crippen LogP contribution < -0.4 is 0 Å². The zero-order valence-corrected chi connectivity index (χ0v) is 11.6. The van der Waals surface area contributed by atoms with Gasteiger partial charge in [0, 0.05) is 14.2 Å². The van der Waals surface area contributed by atoms with Gasteiger partial charge in [-0.1, -0.05) is 28.1 Å². The summed E-state index contributed by atoms with van der Waals surface area (Å²) in [6.07, 6.45) is -0.526. The SMILES string of the molecule is Cc1cc(C(O)c2cccc(Br)c2)c(C)s1. The molecule has 0 aliphatic carbocycles. The monoisotopic (exact) mass is 296 g/mol. The average molecular weight is 297 g/mol. The average Bonchev–Trinajstić information content (AvgIpc) is 2.57. The zero-order chi connectivity index (χ0) is 11.7. The van der Waals surface area contributed by atoms with Crippen LogP contribution in [0.5, 0.6) is 0 Å². The summed E-state index contributed by atoms with van der Waals surface area (Å²) in [4.78, 5) is 2.42. The molecule has 0 bridgehead atoms. The lowest BCUT2D eigenvalue weighted by Crippen LogP contribution is -1.99. The van der Waals surface area contributed by atoms with E-state index in [2.05, 4.69) is 28.9 Å². The van der Waals surface area contributed by atoms with Crippen molar-refractivity contribution in [2.75, 3.05) is 0 Å². The number of halogens is 1. The molecule has 1 nitrogen and oxygen atoms in total. The van der Waals surface area contributed by atoms with Crippen LogP contribution in [0, 0.1) is 13.8 Å². The van der Waals surface area contributed by atoms with Crippen LogP contribution in [-0.4, -0.2) is 5.11 Å². The molecule has 0 saturated heterocycles. The van der Waals surface area contributed by atoms with E-state index in [0.29, 0.717) is 0 Å². The molecule has 0 amide bonds. The van der Waals surface area contributed by atoms with Crippen LogP contribution in [0.2, 0.25) is 0 Å². The molecule has 0 aliphatic rings. The van der Waals surface area contributed by atoms with Crippen molar-refractivity contribution < 1.29 is 5.11 Å². The van der Waals surface area contributed by atoms with E-state index in [1.807, 2.05) is 31.2 Å². The highest BCUT2D eigenvalue weighted by Gasteiger charge is 2.15. The van der Waals surface area contributed by atoms with Crippen molar-refractivity contribution in [2.45, 2.75) is 20.0 Å². The second-order valence-corrected chi connectivity index (χ2v) is 6.20. The Balaban J connectivity index is 2.38. The summed E-state index contributed by atoms with van der Waals surface area (Å²) in [7, 11) is 0. The van der Waals surface area contributed by atoms with Crippen molar-refractivity contribution in [1.29, 1.82) is 0 Å². The fraction of sp³-hybridized carbons (Fsp3) is 0.231. The summed E-state index contributed by atoms with van der Waals surface area (Å²) >= 11 is 5.14. The second kappa shape index (κ2) is 4.70. The van der Waals surface area contributed by atoms with E-state index in [0.717, 1.165) is 15.6 Å². The number of thiophene rings is 1. The van der Waals surface area contributed by atoms with Gasteiger partial charge in [0.1, 0.15) is 6.10 Å². The lowest BCUT2D eigenvalue weighted by molar-refractivity contribution is 0.220. The summed E-state index contributed by atoms with van der Waals surface area (Å²) in [6, 6.07) is 9.86. The van der Waals surface area contributed by atoms with Gasteiger partial charge < -0.3 is 5.11 Å². The maximum atomic E-state index is 10.3. The number of rotatable bonds is 2. The maximum Gasteiger partial charge on any atom is 0.105 e. The standard InChI is InChI=1S/C13H13BrOS/c1-8-6-12(9(2)16-8)13(15)10-4-3-5-11(14)7-10/h3-7,13,15H,1-2H3. The minimum atomic E-state index is -0.526. The number of hydrogen-bond donors (Lipinski definition) is 1. The van der Waals surface area contributed by atoms with Gasteiger partial charge in [-0.25, -0.2) is 0 Å². The predicted molar refractivity (Wildman–Crippen MR) is 72.0 cm³/mol. The Morgan fingerprint density at radius 2 is 2.00 bits per heavy atom. The number of aliphatic hydroxyl groups excluding tert-OH is 1. The van der Waals surface area contributed by atoms with Gasteiger partial charge in [0.25, 0.3) is 0 Å². The third-order valence-corrected chi connectivity index (χ3v) is 4.01. The number of hydrogen-bond acceptors (Lipinski definition) is 2. The number of aliphatic hydroxyl groups is 1. The Morgan fingerprint density at radius 3 is 2.56 bits per heavy atom. The molecular formula is C13H13BrOS. The van der Waals surface area contributed by atoms with E-state index in [-0.39, 0.29) is 0 Å². The van der Waals surface area contributed by atoms with Crippen LogP contribution in [0.4, 0.5) is 0 Å². The summed E-state index contributed by atoms with van der Waals surface area (Å²) in [5.41, 5.74) is 1.94. The first-order valence-corrected chi connectivity index (χ1v) is 6.69. The van der Waals surface area contributed by atoms with Gasteiger partial charge in [-0.15, -0.1) is 11.3 Å². The Morgan fingerprint density at radius 1 is 1.25 bits per heavy atom. The van der Waals surface area contributed by atoms with Crippen molar-refractivity contribution in [3.05, 3.63) is 55.7 Å². The van der Waals surface area contributed by atoms with E-state index in [4.69, 9.17) is 0 Å². The summed E-state index contributed by atoms with van der Waals surface area (Å²) in [5.74, 6) is 0. The molecule has 1 heterocycles. The molecule has 84 valence electrons. The van der Waals surface area contributed by atoms with Crippen LogP contribution >= 0.6 is 27.3 Å². The van der Waals surface area contributed by atoms with Crippen LogP contribution in [-0.2, 0) is 0 Å². The van der Waals surface area contributed by atoms with Crippen LogP contribution in [0.15, 0.2) is 34.8 Å². The minimum absolute atomic E-state index is 0.526. The first-order chi connectivity index (χ1) is 7.58. The zero-order valence-electron chi connectivity index (χ0n) is 9.20. The molecule has 1 aromatic carbocycles. The summed E-state index contributed by atoms with van der Waals surface area (Å²) in [5, 5.41) is 10.3. The Hall–Kier alpha value is -0.640. The first-order valence-electron chi connectivity index (χ1n) is 5.08. The molecule has 2 rings (SSSR count).